The number of anilines is 2. The maximum absolute atomic E-state index is 14.7. The average Bonchev–Trinajstić information content (AvgIpc) is 3.24. The van der Waals surface area contributed by atoms with E-state index < -0.39 is 0 Å². The maximum Gasteiger partial charge on any atom is 0.170 e. The van der Waals surface area contributed by atoms with Crippen LogP contribution < -0.4 is 10.2 Å². The van der Waals surface area contributed by atoms with Gasteiger partial charge in [0.15, 0.2) is 11.6 Å². The van der Waals surface area contributed by atoms with Crippen LogP contribution in [0.2, 0.25) is 0 Å². The summed E-state index contributed by atoms with van der Waals surface area (Å²) in [6.07, 6.45) is 5.07. The molecule has 1 aliphatic heterocycles. The van der Waals surface area contributed by atoms with Crippen LogP contribution in [0, 0.1) is 5.82 Å². The van der Waals surface area contributed by atoms with Crippen molar-refractivity contribution in [1.29, 1.82) is 0 Å². The summed E-state index contributed by atoms with van der Waals surface area (Å²) in [5, 5.41) is 3.36. The number of pyridine rings is 1. The molecule has 2 aliphatic rings. The van der Waals surface area contributed by atoms with Crippen molar-refractivity contribution in [2.75, 3.05) is 11.4 Å². The molecule has 1 aliphatic carbocycles. The molecular weight excluding hydrogens is 265 g/mol. The Morgan fingerprint density at radius 1 is 1.24 bits per heavy atom. The standard InChI is InChI=1S/C17H18FN3/c18-16-13(11-20-14-5-6-14)7-9-19-17(16)21-10-8-12-3-1-2-4-15(12)21/h1-4,7,9,14,20H,5-6,8,10-11H2. The van der Waals surface area contributed by atoms with E-state index in [2.05, 4.69) is 16.4 Å². The number of halogens is 1. The molecule has 4 heteroatoms. The number of benzene rings is 1. The molecule has 1 aromatic heterocycles. The molecular formula is C17H18FN3. The molecule has 0 spiro atoms. The third kappa shape index (κ3) is 2.40. The summed E-state index contributed by atoms with van der Waals surface area (Å²) in [6.45, 7) is 1.38. The molecule has 21 heavy (non-hydrogen) atoms. The summed E-state index contributed by atoms with van der Waals surface area (Å²) in [5.41, 5.74) is 3.05. The second-order valence-corrected chi connectivity index (χ2v) is 5.79. The van der Waals surface area contributed by atoms with Crippen molar-refractivity contribution in [1.82, 2.24) is 10.3 Å². The van der Waals surface area contributed by atoms with E-state index in [0.29, 0.717) is 24.0 Å². The zero-order valence-corrected chi connectivity index (χ0v) is 11.8. The lowest BCUT2D eigenvalue weighted by Gasteiger charge is -2.20. The minimum atomic E-state index is -0.192. The zero-order valence-electron chi connectivity index (χ0n) is 11.8. The predicted molar refractivity (Wildman–Crippen MR) is 81.2 cm³/mol. The van der Waals surface area contributed by atoms with Crippen molar-refractivity contribution in [3.05, 3.63) is 53.5 Å². The number of nitrogens with zero attached hydrogens (tertiary/aromatic N) is 2. The first-order valence-corrected chi connectivity index (χ1v) is 7.55. The second kappa shape index (κ2) is 5.11. The highest BCUT2D eigenvalue weighted by Gasteiger charge is 2.25. The number of hydrogen-bond donors (Lipinski definition) is 1. The van der Waals surface area contributed by atoms with Gasteiger partial charge in [-0.15, -0.1) is 0 Å². The number of rotatable bonds is 4. The van der Waals surface area contributed by atoms with Gasteiger partial charge in [0.1, 0.15) is 0 Å². The highest BCUT2D eigenvalue weighted by Crippen LogP contribution is 2.35. The lowest BCUT2D eigenvalue weighted by molar-refractivity contribution is 0.580. The van der Waals surface area contributed by atoms with Crippen LogP contribution in [0.25, 0.3) is 0 Å². The van der Waals surface area contributed by atoms with Gasteiger partial charge in [0.25, 0.3) is 0 Å². The Hall–Kier alpha value is -1.94. The second-order valence-electron chi connectivity index (χ2n) is 5.79. The smallest absolute Gasteiger partial charge is 0.170 e. The molecule has 0 bridgehead atoms. The minimum absolute atomic E-state index is 0.192. The third-order valence-corrected chi connectivity index (χ3v) is 4.25. The van der Waals surface area contributed by atoms with Crippen LogP contribution in [-0.2, 0) is 13.0 Å². The quantitative estimate of drug-likeness (QED) is 0.934. The molecule has 3 nitrogen and oxygen atoms in total. The molecule has 0 unspecified atom stereocenters. The summed E-state index contributed by atoms with van der Waals surface area (Å²) in [6, 6.07) is 10.5. The van der Waals surface area contributed by atoms with Crippen molar-refractivity contribution >= 4 is 11.5 Å². The third-order valence-electron chi connectivity index (χ3n) is 4.25. The van der Waals surface area contributed by atoms with Crippen molar-refractivity contribution in [3.63, 3.8) is 0 Å². The molecule has 2 heterocycles. The summed E-state index contributed by atoms with van der Waals surface area (Å²) >= 11 is 0. The van der Waals surface area contributed by atoms with Crippen LogP contribution in [0.5, 0.6) is 0 Å². The fraction of sp³-hybridized carbons (Fsp3) is 0.353. The Balaban J connectivity index is 1.64. The Labute approximate surface area is 123 Å². The van der Waals surface area contributed by atoms with E-state index in [4.69, 9.17) is 0 Å². The Bertz CT molecular complexity index is 667. The van der Waals surface area contributed by atoms with E-state index in [9.17, 15) is 4.39 Å². The van der Waals surface area contributed by atoms with Gasteiger partial charge in [-0.05, 0) is 37.0 Å². The maximum atomic E-state index is 14.7. The highest BCUT2D eigenvalue weighted by atomic mass is 19.1. The number of fused-ring (bicyclic) bond motifs is 1. The first kappa shape index (κ1) is 12.8. The summed E-state index contributed by atoms with van der Waals surface area (Å²) in [5.74, 6) is 0.261. The SMILES string of the molecule is Fc1c(CNC2CC2)ccnc1N1CCc2ccccc21. The largest absolute Gasteiger partial charge is 0.323 e. The molecule has 108 valence electrons. The predicted octanol–water partition coefficient (Wildman–Crippen LogP) is 3.17. The van der Waals surface area contributed by atoms with Crippen LogP contribution in [0.15, 0.2) is 36.5 Å². The Morgan fingerprint density at radius 2 is 2.10 bits per heavy atom. The molecule has 0 saturated heterocycles. The molecule has 1 saturated carbocycles. The van der Waals surface area contributed by atoms with E-state index in [1.807, 2.05) is 23.1 Å². The molecule has 0 amide bonds. The van der Waals surface area contributed by atoms with Gasteiger partial charge in [-0.3, -0.25) is 0 Å². The van der Waals surface area contributed by atoms with Gasteiger partial charge in [-0.1, -0.05) is 18.2 Å². The number of para-hydroxylation sites is 1. The zero-order chi connectivity index (χ0) is 14.2. The van der Waals surface area contributed by atoms with Gasteiger partial charge in [0.05, 0.1) is 0 Å². The van der Waals surface area contributed by atoms with Crippen LogP contribution in [0.4, 0.5) is 15.9 Å². The van der Waals surface area contributed by atoms with Crippen molar-refractivity contribution in [2.45, 2.75) is 31.8 Å². The number of nitrogens with one attached hydrogen (secondary N) is 1. The molecule has 1 N–H and O–H groups in total. The first-order chi connectivity index (χ1) is 10.3. The highest BCUT2D eigenvalue weighted by molar-refractivity contribution is 5.68. The van der Waals surface area contributed by atoms with E-state index >= 15 is 0 Å². The molecule has 0 radical (unpaired) electrons. The van der Waals surface area contributed by atoms with Crippen molar-refractivity contribution < 1.29 is 4.39 Å². The van der Waals surface area contributed by atoms with Gasteiger partial charge in [0, 0.05) is 36.6 Å². The topological polar surface area (TPSA) is 28.2 Å². The van der Waals surface area contributed by atoms with Crippen LogP contribution in [0.3, 0.4) is 0 Å². The van der Waals surface area contributed by atoms with Gasteiger partial charge < -0.3 is 10.2 Å². The van der Waals surface area contributed by atoms with Gasteiger partial charge >= 0.3 is 0 Å². The number of hydrogen-bond acceptors (Lipinski definition) is 3. The van der Waals surface area contributed by atoms with E-state index in [0.717, 1.165) is 18.7 Å². The van der Waals surface area contributed by atoms with E-state index in [1.54, 1.807) is 12.3 Å². The first-order valence-electron chi connectivity index (χ1n) is 7.55. The summed E-state index contributed by atoms with van der Waals surface area (Å²) in [7, 11) is 0. The van der Waals surface area contributed by atoms with Crippen LogP contribution in [-0.4, -0.2) is 17.6 Å². The number of aromatic nitrogens is 1. The Morgan fingerprint density at radius 3 is 2.95 bits per heavy atom. The van der Waals surface area contributed by atoms with E-state index in [-0.39, 0.29) is 5.82 Å². The van der Waals surface area contributed by atoms with Crippen molar-refractivity contribution in [3.8, 4) is 0 Å². The molecule has 0 atom stereocenters. The van der Waals surface area contributed by atoms with Gasteiger partial charge in [0.2, 0.25) is 0 Å². The summed E-state index contributed by atoms with van der Waals surface area (Å²) < 4.78 is 14.7. The average molecular weight is 283 g/mol. The van der Waals surface area contributed by atoms with Gasteiger partial charge in [-0.2, -0.15) is 0 Å². The lowest BCUT2D eigenvalue weighted by atomic mass is 10.2. The van der Waals surface area contributed by atoms with Crippen molar-refractivity contribution in [2.24, 2.45) is 0 Å². The molecule has 1 fully saturated rings. The van der Waals surface area contributed by atoms with Crippen LogP contribution in [0.1, 0.15) is 24.0 Å². The monoisotopic (exact) mass is 283 g/mol. The minimum Gasteiger partial charge on any atom is -0.323 e. The van der Waals surface area contributed by atoms with Crippen LogP contribution >= 0.6 is 0 Å². The lowest BCUT2D eigenvalue weighted by Crippen LogP contribution is -2.20. The molecule has 1 aromatic carbocycles. The normalized spacial score (nSPS) is 17.1. The van der Waals surface area contributed by atoms with Gasteiger partial charge in [-0.25, -0.2) is 9.37 Å². The Kier molecular flexibility index (Phi) is 3.11. The fourth-order valence-electron chi connectivity index (χ4n) is 2.90. The molecule has 2 aromatic rings. The fourth-order valence-corrected chi connectivity index (χ4v) is 2.90. The molecule has 4 rings (SSSR count). The summed E-state index contributed by atoms with van der Waals surface area (Å²) in [4.78, 5) is 6.28. The van der Waals surface area contributed by atoms with E-state index in [1.165, 1.54) is 18.4 Å².